The number of ether oxygens (including phenoxy) is 2. The van der Waals surface area contributed by atoms with Gasteiger partial charge in [-0.2, -0.15) is 0 Å². The van der Waals surface area contributed by atoms with Gasteiger partial charge in [0.05, 0.1) is 5.75 Å². The Morgan fingerprint density at radius 3 is 2.65 bits per heavy atom. The van der Waals surface area contributed by atoms with E-state index in [0.717, 1.165) is 29.7 Å². The lowest BCUT2D eigenvalue weighted by Crippen LogP contribution is -2.36. The van der Waals surface area contributed by atoms with E-state index in [9.17, 15) is 4.79 Å². The maximum absolute atomic E-state index is 12.8. The van der Waals surface area contributed by atoms with Crippen LogP contribution in [-0.2, 0) is 22.7 Å². The van der Waals surface area contributed by atoms with Crippen molar-refractivity contribution in [3.8, 4) is 16.9 Å². The van der Waals surface area contributed by atoms with Crippen LogP contribution in [0.5, 0.6) is 5.75 Å². The molecule has 3 aromatic rings. The summed E-state index contributed by atoms with van der Waals surface area (Å²) in [6.07, 6.45) is 5.06. The maximum atomic E-state index is 12.8. The van der Waals surface area contributed by atoms with Gasteiger partial charge in [0.1, 0.15) is 18.5 Å². The molecule has 4 rings (SSSR count). The minimum Gasteiger partial charge on any atom is -0.485 e. The minimum atomic E-state index is -0.197. The zero-order valence-electron chi connectivity index (χ0n) is 22.0. The van der Waals surface area contributed by atoms with Gasteiger partial charge in [0.15, 0.2) is 11.0 Å². The summed E-state index contributed by atoms with van der Waals surface area (Å²) in [7, 11) is 0. The highest BCUT2D eigenvalue weighted by atomic mass is 32.2. The van der Waals surface area contributed by atoms with Crippen LogP contribution in [0.3, 0.4) is 0 Å². The summed E-state index contributed by atoms with van der Waals surface area (Å²) < 4.78 is 14.1. The third-order valence-corrected chi connectivity index (χ3v) is 7.94. The highest BCUT2D eigenvalue weighted by Crippen LogP contribution is 2.36. The van der Waals surface area contributed by atoms with E-state index in [-0.39, 0.29) is 24.4 Å². The van der Waals surface area contributed by atoms with E-state index in [2.05, 4.69) is 49.7 Å². The van der Waals surface area contributed by atoms with Crippen LogP contribution < -0.4 is 4.74 Å². The number of rotatable bonds is 11. The van der Waals surface area contributed by atoms with E-state index in [1.807, 2.05) is 47.0 Å². The Labute approximate surface area is 224 Å². The van der Waals surface area contributed by atoms with Gasteiger partial charge in [0.25, 0.3) is 0 Å². The zero-order valence-corrected chi connectivity index (χ0v) is 22.8. The highest BCUT2D eigenvalue weighted by molar-refractivity contribution is 7.99. The summed E-state index contributed by atoms with van der Waals surface area (Å²) in [5, 5.41) is 9.36. The zero-order chi connectivity index (χ0) is 26.2. The van der Waals surface area contributed by atoms with E-state index in [1.165, 1.54) is 18.2 Å². The predicted molar refractivity (Wildman–Crippen MR) is 148 cm³/mol. The second kappa shape index (κ2) is 13.0. The summed E-state index contributed by atoms with van der Waals surface area (Å²) in [5.74, 6) is 2.98. The van der Waals surface area contributed by atoms with Gasteiger partial charge >= 0.3 is 5.97 Å². The molecular formula is C30H37N3O3S. The molecule has 6 nitrogen and oxygen atoms in total. The second-order valence-corrected chi connectivity index (χ2v) is 11.0. The summed E-state index contributed by atoms with van der Waals surface area (Å²) in [6, 6.07) is 18.1. The number of hydrogen-bond donors (Lipinski definition) is 0. The lowest BCUT2D eigenvalue weighted by atomic mass is 9.75. The van der Waals surface area contributed by atoms with Gasteiger partial charge < -0.3 is 9.47 Å². The molecule has 3 atom stereocenters. The van der Waals surface area contributed by atoms with E-state index in [4.69, 9.17) is 9.47 Å². The first kappa shape index (κ1) is 27.0. The van der Waals surface area contributed by atoms with E-state index < -0.39 is 0 Å². The lowest BCUT2D eigenvalue weighted by molar-refractivity contribution is -0.152. The molecule has 196 valence electrons. The molecule has 1 saturated carbocycles. The number of carbonyl (C=O) groups is 1. The fourth-order valence-corrected chi connectivity index (χ4v) is 5.76. The molecule has 1 aromatic heterocycles. The first-order valence-electron chi connectivity index (χ1n) is 13.1. The van der Waals surface area contributed by atoms with Gasteiger partial charge in [-0.3, -0.25) is 9.36 Å². The van der Waals surface area contributed by atoms with Gasteiger partial charge in [-0.1, -0.05) is 93.6 Å². The fourth-order valence-electron chi connectivity index (χ4n) is 5.01. The molecular weight excluding hydrogens is 482 g/mol. The summed E-state index contributed by atoms with van der Waals surface area (Å²) in [5.41, 5.74) is 2.11. The number of allylic oxidation sites excluding steroid dienone is 1. The van der Waals surface area contributed by atoms with Crippen molar-refractivity contribution >= 4 is 17.7 Å². The molecule has 7 heteroatoms. The van der Waals surface area contributed by atoms with E-state index >= 15 is 0 Å². The normalized spacial score (nSPS) is 19.5. The number of carbonyl (C=O) groups excluding carboxylic acids is 1. The molecule has 2 aromatic carbocycles. The van der Waals surface area contributed by atoms with Crippen molar-refractivity contribution in [1.29, 1.82) is 0 Å². The van der Waals surface area contributed by atoms with E-state index in [1.54, 1.807) is 6.08 Å². The topological polar surface area (TPSA) is 66.2 Å². The van der Waals surface area contributed by atoms with Gasteiger partial charge in [0, 0.05) is 12.1 Å². The predicted octanol–water partition coefficient (Wildman–Crippen LogP) is 6.81. The molecule has 0 amide bonds. The quantitative estimate of drug-likeness (QED) is 0.158. The Balaban J connectivity index is 1.40. The van der Waals surface area contributed by atoms with Crippen LogP contribution in [0, 0.1) is 17.8 Å². The molecule has 0 aliphatic heterocycles. The SMILES string of the molecule is C=CCn1c(COc2ccccc2-c2ccccc2)nnc1SCC(=O)O[C@@H]1C[C@@H](C)CC[C@@H]1C(C)C. The van der Waals surface area contributed by atoms with Crippen LogP contribution in [0.4, 0.5) is 0 Å². The summed E-state index contributed by atoms with van der Waals surface area (Å²) in [4.78, 5) is 12.8. The maximum Gasteiger partial charge on any atom is 0.316 e. The Hall–Kier alpha value is -3.06. The van der Waals surface area contributed by atoms with Crippen molar-refractivity contribution in [2.75, 3.05) is 5.75 Å². The number of para-hydroxylation sites is 1. The standard InChI is InChI=1S/C30H37N3O3S/c1-5-17-33-28(19-35-26-14-10-9-13-25(26)23-11-7-6-8-12-23)31-32-30(33)37-20-29(34)36-27-18-22(4)15-16-24(27)21(2)3/h5-14,21-22,24,27H,1,15-20H2,2-4H3/t22-,24+,27+/m0/s1. The lowest BCUT2D eigenvalue weighted by Gasteiger charge is -2.36. The van der Waals surface area contributed by atoms with Crippen molar-refractivity contribution in [2.45, 2.75) is 64.4 Å². The van der Waals surface area contributed by atoms with Gasteiger partial charge in [-0.25, -0.2) is 0 Å². The first-order chi connectivity index (χ1) is 18.0. The molecule has 0 N–H and O–H groups in total. The van der Waals surface area contributed by atoms with Crippen LogP contribution in [0.25, 0.3) is 11.1 Å². The van der Waals surface area contributed by atoms with Gasteiger partial charge in [-0.05, 0) is 42.2 Å². The van der Waals surface area contributed by atoms with Crippen molar-refractivity contribution < 1.29 is 14.3 Å². The third kappa shape index (κ3) is 7.04. The molecule has 37 heavy (non-hydrogen) atoms. The van der Waals surface area contributed by atoms with Gasteiger partial charge in [-0.15, -0.1) is 16.8 Å². The first-order valence-corrected chi connectivity index (χ1v) is 14.1. The average Bonchev–Trinajstić information content (AvgIpc) is 3.28. The van der Waals surface area contributed by atoms with Crippen molar-refractivity contribution in [3.05, 3.63) is 73.1 Å². The monoisotopic (exact) mass is 519 g/mol. The fraction of sp³-hybridized carbons (Fsp3) is 0.433. The molecule has 1 aliphatic carbocycles. The van der Waals surface area contributed by atoms with Crippen LogP contribution in [-0.4, -0.2) is 32.6 Å². The summed E-state index contributed by atoms with van der Waals surface area (Å²) >= 11 is 1.35. The number of nitrogens with zero attached hydrogens (tertiary/aromatic N) is 3. The molecule has 0 radical (unpaired) electrons. The van der Waals surface area contributed by atoms with Crippen molar-refractivity contribution in [1.82, 2.24) is 14.8 Å². The molecule has 1 aliphatic rings. The Bertz CT molecular complexity index is 1180. The highest BCUT2D eigenvalue weighted by Gasteiger charge is 2.33. The Morgan fingerprint density at radius 1 is 1.14 bits per heavy atom. The average molecular weight is 520 g/mol. The van der Waals surface area contributed by atoms with Crippen LogP contribution in [0.2, 0.25) is 0 Å². The van der Waals surface area contributed by atoms with Crippen LogP contribution in [0.1, 0.15) is 45.9 Å². The second-order valence-electron chi connectivity index (χ2n) is 10.1. The minimum absolute atomic E-state index is 0.00320. The molecule has 1 heterocycles. The number of thioether (sulfide) groups is 1. The third-order valence-electron chi connectivity index (χ3n) is 7.00. The van der Waals surface area contributed by atoms with Crippen molar-refractivity contribution in [3.63, 3.8) is 0 Å². The summed E-state index contributed by atoms with van der Waals surface area (Å²) in [6.45, 7) is 11.3. The number of aromatic nitrogens is 3. The van der Waals surface area contributed by atoms with Crippen LogP contribution >= 0.6 is 11.8 Å². The largest absolute Gasteiger partial charge is 0.485 e. The van der Waals surface area contributed by atoms with Crippen molar-refractivity contribution in [2.24, 2.45) is 17.8 Å². The smallest absolute Gasteiger partial charge is 0.316 e. The Morgan fingerprint density at radius 2 is 1.89 bits per heavy atom. The van der Waals surface area contributed by atoms with Crippen LogP contribution in [0.15, 0.2) is 72.4 Å². The molecule has 0 unspecified atom stereocenters. The van der Waals surface area contributed by atoms with E-state index in [0.29, 0.717) is 35.3 Å². The van der Waals surface area contributed by atoms with Gasteiger partial charge in [0.2, 0.25) is 0 Å². The number of esters is 1. The Kier molecular flexibility index (Phi) is 9.45. The number of benzene rings is 2. The molecule has 0 spiro atoms. The molecule has 0 saturated heterocycles. The number of hydrogen-bond acceptors (Lipinski definition) is 6. The molecule has 0 bridgehead atoms. The molecule has 1 fully saturated rings.